The maximum atomic E-state index is 6.27. The van der Waals surface area contributed by atoms with Crippen molar-refractivity contribution in [2.24, 2.45) is 0 Å². The van der Waals surface area contributed by atoms with Crippen molar-refractivity contribution in [1.29, 1.82) is 0 Å². The van der Waals surface area contributed by atoms with Gasteiger partial charge in [-0.2, -0.15) is 0 Å². The van der Waals surface area contributed by atoms with Crippen LogP contribution in [0.2, 0.25) is 10.0 Å². The standard InChI is InChI=1S/C18H21Cl2N/c1-2-3-5-10-17(14-8-6-4-7-9-14)21-18-13-15(19)11-12-16(18)20/h4,6-9,11-13,17,21H,2-3,5,10H2,1H3. The smallest absolute Gasteiger partial charge is 0.0638 e. The van der Waals surface area contributed by atoms with Gasteiger partial charge in [-0.05, 0) is 30.2 Å². The van der Waals surface area contributed by atoms with Gasteiger partial charge >= 0.3 is 0 Å². The molecule has 0 spiro atoms. The number of hydrogen-bond acceptors (Lipinski definition) is 1. The molecule has 0 aromatic heterocycles. The molecule has 0 saturated carbocycles. The van der Waals surface area contributed by atoms with Crippen molar-refractivity contribution in [2.75, 3.05) is 5.32 Å². The van der Waals surface area contributed by atoms with Crippen LogP contribution in [0.15, 0.2) is 48.5 Å². The molecule has 0 radical (unpaired) electrons. The summed E-state index contributed by atoms with van der Waals surface area (Å²) in [4.78, 5) is 0. The van der Waals surface area contributed by atoms with E-state index in [4.69, 9.17) is 23.2 Å². The largest absolute Gasteiger partial charge is 0.377 e. The first-order valence-electron chi connectivity index (χ1n) is 7.47. The van der Waals surface area contributed by atoms with Gasteiger partial charge in [-0.15, -0.1) is 0 Å². The molecule has 3 heteroatoms. The highest BCUT2D eigenvalue weighted by atomic mass is 35.5. The molecule has 1 N–H and O–H groups in total. The molecule has 2 aromatic rings. The van der Waals surface area contributed by atoms with E-state index in [2.05, 4.69) is 36.5 Å². The average Bonchev–Trinajstić information content (AvgIpc) is 2.51. The Labute approximate surface area is 137 Å². The van der Waals surface area contributed by atoms with Crippen molar-refractivity contribution in [3.63, 3.8) is 0 Å². The summed E-state index contributed by atoms with van der Waals surface area (Å²) in [6.45, 7) is 2.22. The van der Waals surface area contributed by atoms with Gasteiger partial charge in [0.15, 0.2) is 0 Å². The Hall–Kier alpha value is -1.18. The topological polar surface area (TPSA) is 12.0 Å². The number of anilines is 1. The van der Waals surface area contributed by atoms with E-state index in [0.717, 1.165) is 12.1 Å². The lowest BCUT2D eigenvalue weighted by molar-refractivity contribution is 0.606. The molecule has 0 aliphatic rings. The molecule has 0 amide bonds. The SMILES string of the molecule is CCCCCC(Nc1cc(Cl)ccc1Cl)c1ccccc1. The maximum Gasteiger partial charge on any atom is 0.0638 e. The summed E-state index contributed by atoms with van der Waals surface area (Å²) in [7, 11) is 0. The number of hydrogen-bond donors (Lipinski definition) is 1. The van der Waals surface area contributed by atoms with Gasteiger partial charge in [0.05, 0.1) is 16.8 Å². The Bertz CT molecular complexity index is 554. The molecule has 0 heterocycles. The van der Waals surface area contributed by atoms with E-state index in [9.17, 15) is 0 Å². The lowest BCUT2D eigenvalue weighted by atomic mass is 10.00. The Morgan fingerprint density at radius 3 is 2.48 bits per heavy atom. The number of halogens is 2. The Morgan fingerprint density at radius 1 is 1.00 bits per heavy atom. The normalized spacial score (nSPS) is 12.1. The summed E-state index contributed by atoms with van der Waals surface area (Å²) in [6.07, 6.45) is 4.75. The summed E-state index contributed by atoms with van der Waals surface area (Å²) in [5, 5.41) is 4.95. The highest BCUT2D eigenvalue weighted by Gasteiger charge is 2.12. The first-order chi connectivity index (χ1) is 10.2. The summed E-state index contributed by atoms with van der Waals surface area (Å²) >= 11 is 12.3. The number of rotatable bonds is 7. The van der Waals surface area contributed by atoms with E-state index < -0.39 is 0 Å². The van der Waals surface area contributed by atoms with Crippen LogP contribution in [0.1, 0.15) is 44.2 Å². The van der Waals surface area contributed by atoms with E-state index >= 15 is 0 Å². The molecule has 2 aromatic carbocycles. The lowest BCUT2D eigenvalue weighted by Crippen LogP contribution is -2.11. The molecule has 2 rings (SSSR count). The van der Waals surface area contributed by atoms with Gasteiger partial charge in [0.1, 0.15) is 0 Å². The zero-order valence-corrected chi connectivity index (χ0v) is 13.8. The summed E-state index contributed by atoms with van der Waals surface area (Å²) < 4.78 is 0. The van der Waals surface area contributed by atoms with Crippen LogP contribution >= 0.6 is 23.2 Å². The van der Waals surface area contributed by atoms with Crippen LogP contribution in [0.4, 0.5) is 5.69 Å². The molecule has 0 aliphatic carbocycles. The van der Waals surface area contributed by atoms with Crippen molar-refractivity contribution in [3.05, 3.63) is 64.1 Å². The quantitative estimate of drug-likeness (QED) is 0.557. The molecule has 21 heavy (non-hydrogen) atoms. The molecule has 0 saturated heterocycles. The van der Waals surface area contributed by atoms with E-state index in [1.54, 1.807) is 0 Å². The maximum absolute atomic E-state index is 6.27. The van der Waals surface area contributed by atoms with Crippen LogP contribution in [0.3, 0.4) is 0 Å². The predicted molar refractivity (Wildman–Crippen MR) is 93.4 cm³/mol. The monoisotopic (exact) mass is 321 g/mol. The average molecular weight is 322 g/mol. The molecule has 0 aliphatic heterocycles. The minimum atomic E-state index is 0.258. The zero-order valence-electron chi connectivity index (χ0n) is 12.3. The van der Waals surface area contributed by atoms with E-state index in [-0.39, 0.29) is 6.04 Å². The number of nitrogens with one attached hydrogen (secondary N) is 1. The Morgan fingerprint density at radius 2 is 1.76 bits per heavy atom. The van der Waals surface area contributed by atoms with Crippen molar-refractivity contribution in [1.82, 2.24) is 0 Å². The van der Waals surface area contributed by atoms with Crippen molar-refractivity contribution >= 4 is 28.9 Å². The number of unbranched alkanes of at least 4 members (excludes halogenated alkanes) is 2. The zero-order chi connectivity index (χ0) is 15.1. The minimum Gasteiger partial charge on any atom is -0.377 e. The summed E-state index contributed by atoms with van der Waals surface area (Å²) in [6, 6.07) is 16.3. The molecular formula is C18H21Cl2N. The van der Waals surface area contributed by atoms with Crippen molar-refractivity contribution in [3.8, 4) is 0 Å². The number of benzene rings is 2. The minimum absolute atomic E-state index is 0.258. The van der Waals surface area contributed by atoms with E-state index in [1.165, 1.54) is 24.8 Å². The van der Waals surface area contributed by atoms with E-state index in [0.29, 0.717) is 10.0 Å². The van der Waals surface area contributed by atoms with Gasteiger partial charge in [-0.25, -0.2) is 0 Å². The van der Waals surface area contributed by atoms with Crippen LogP contribution in [-0.2, 0) is 0 Å². The lowest BCUT2D eigenvalue weighted by Gasteiger charge is -2.21. The van der Waals surface area contributed by atoms with Gasteiger partial charge < -0.3 is 5.32 Å². The van der Waals surface area contributed by atoms with Crippen LogP contribution in [0, 0.1) is 0 Å². The van der Waals surface area contributed by atoms with Crippen LogP contribution in [0.5, 0.6) is 0 Å². The van der Waals surface area contributed by atoms with Gasteiger partial charge in [0.25, 0.3) is 0 Å². The summed E-state index contributed by atoms with van der Waals surface area (Å²) in [5.74, 6) is 0. The fourth-order valence-corrected chi connectivity index (χ4v) is 2.75. The van der Waals surface area contributed by atoms with Gasteiger partial charge in [0.2, 0.25) is 0 Å². The van der Waals surface area contributed by atoms with Crippen molar-refractivity contribution in [2.45, 2.75) is 38.6 Å². The molecule has 1 atom stereocenters. The fraction of sp³-hybridized carbons (Fsp3) is 0.333. The van der Waals surface area contributed by atoms with Gasteiger partial charge in [-0.1, -0.05) is 79.7 Å². The van der Waals surface area contributed by atoms with Gasteiger partial charge in [0, 0.05) is 5.02 Å². The third kappa shape index (κ3) is 4.94. The molecule has 1 unspecified atom stereocenters. The first kappa shape index (κ1) is 16.2. The summed E-state index contributed by atoms with van der Waals surface area (Å²) in [5.41, 5.74) is 2.18. The second-order valence-electron chi connectivity index (χ2n) is 5.23. The second kappa shape index (κ2) is 8.31. The van der Waals surface area contributed by atoms with Crippen LogP contribution in [0.25, 0.3) is 0 Å². The Kier molecular flexibility index (Phi) is 6.41. The molecule has 0 fully saturated rings. The predicted octanol–water partition coefficient (Wildman–Crippen LogP) is 6.73. The fourth-order valence-electron chi connectivity index (χ4n) is 2.40. The van der Waals surface area contributed by atoms with Gasteiger partial charge in [-0.3, -0.25) is 0 Å². The molecular weight excluding hydrogens is 301 g/mol. The van der Waals surface area contributed by atoms with Crippen LogP contribution < -0.4 is 5.32 Å². The van der Waals surface area contributed by atoms with Crippen molar-refractivity contribution < 1.29 is 0 Å². The third-order valence-corrected chi connectivity index (χ3v) is 4.12. The highest BCUT2D eigenvalue weighted by Crippen LogP contribution is 2.31. The molecule has 112 valence electrons. The van der Waals surface area contributed by atoms with Crippen LogP contribution in [-0.4, -0.2) is 0 Å². The second-order valence-corrected chi connectivity index (χ2v) is 6.07. The first-order valence-corrected chi connectivity index (χ1v) is 8.23. The molecule has 0 bridgehead atoms. The highest BCUT2D eigenvalue weighted by molar-refractivity contribution is 6.35. The Balaban J connectivity index is 2.17. The van der Waals surface area contributed by atoms with E-state index in [1.807, 2.05) is 24.3 Å². The molecule has 1 nitrogen and oxygen atoms in total. The third-order valence-electron chi connectivity index (χ3n) is 3.56.